The summed E-state index contributed by atoms with van der Waals surface area (Å²) in [6, 6.07) is 3.71. The van der Waals surface area contributed by atoms with Gasteiger partial charge >= 0.3 is 0 Å². The highest BCUT2D eigenvalue weighted by molar-refractivity contribution is 5.99. The zero-order valence-corrected chi connectivity index (χ0v) is 11.1. The minimum Gasteiger partial charge on any atom is -0.387 e. The second kappa shape index (κ2) is 5.99. The first-order chi connectivity index (χ1) is 9.20. The maximum absolute atomic E-state index is 12.0. The van der Waals surface area contributed by atoms with Gasteiger partial charge in [0.15, 0.2) is 0 Å². The molecule has 19 heavy (non-hydrogen) atoms. The third-order valence-corrected chi connectivity index (χ3v) is 2.77. The van der Waals surface area contributed by atoms with Crippen LogP contribution in [0.2, 0.25) is 0 Å². The fraction of sp³-hybridized carbons (Fsp3) is 0.308. The summed E-state index contributed by atoms with van der Waals surface area (Å²) in [4.78, 5) is 16.0. The summed E-state index contributed by atoms with van der Waals surface area (Å²) in [5, 5.41) is 10.1. The van der Waals surface area contributed by atoms with E-state index in [1.165, 1.54) is 0 Å². The Morgan fingerprint density at radius 2 is 2.26 bits per heavy atom. The molecule has 0 saturated heterocycles. The molecule has 6 nitrogen and oxygen atoms in total. The molecule has 0 aromatic carbocycles. The van der Waals surface area contributed by atoms with E-state index in [1.807, 2.05) is 19.3 Å². The standard InChI is InChI=1S/C13H17N5O/c1-14-12-4-6-15-9-11(12)13(19)16-7-3-10-5-8-18(2)17-10/h4-6,8-9H,3,7H2,1-2H3,(H,14,15)(H,16,19). The zero-order chi connectivity index (χ0) is 13.7. The van der Waals surface area contributed by atoms with Crippen LogP contribution in [0.3, 0.4) is 0 Å². The number of carbonyl (C=O) groups is 1. The number of aromatic nitrogens is 3. The predicted octanol–water partition coefficient (Wildman–Crippen LogP) is 0.829. The van der Waals surface area contributed by atoms with Gasteiger partial charge in [-0.15, -0.1) is 0 Å². The Bertz CT molecular complexity index is 564. The van der Waals surface area contributed by atoms with Crippen molar-refractivity contribution in [1.29, 1.82) is 0 Å². The van der Waals surface area contributed by atoms with E-state index < -0.39 is 0 Å². The van der Waals surface area contributed by atoms with Crippen LogP contribution in [-0.2, 0) is 13.5 Å². The third-order valence-electron chi connectivity index (χ3n) is 2.77. The lowest BCUT2D eigenvalue weighted by atomic mass is 10.2. The van der Waals surface area contributed by atoms with Gasteiger partial charge in [0.1, 0.15) is 0 Å². The summed E-state index contributed by atoms with van der Waals surface area (Å²) in [6.07, 6.45) is 5.80. The molecule has 100 valence electrons. The molecule has 2 aromatic rings. The van der Waals surface area contributed by atoms with Crippen LogP contribution in [-0.4, -0.2) is 34.3 Å². The molecule has 2 N–H and O–H groups in total. The van der Waals surface area contributed by atoms with Crippen molar-refractivity contribution in [2.75, 3.05) is 18.9 Å². The number of amides is 1. The number of hydrogen-bond acceptors (Lipinski definition) is 4. The van der Waals surface area contributed by atoms with Crippen LogP contribution in [0.5, 0.6) is 0 Å². The second-order valence-electron chi connectivity index (χ2n) is 4.16. The number of nitrogens with one attached hydrogen (secondary N) is 2. The van der Waals surface area contributed by atoms with Crippen molar-refractivity contribution >= 4 is 11.6 Å². The lowest BCUT2D eigenvalue weighted by molar-refractivity contribution is 0.0954. The Balaban J connectivity index is 1.90. The Kier molecular flexibility index (Phi) is 4.12. The second-order valence-corrected chi connectivity index (χ2v) is 4.16. The fourth-order valence-corrected chi connectivity index (χ4v) is 1.79. The zero-order valence-electron chi connectivity index (χ0n) is 11.1. The average Bonchev–Trinajstić information content (AvgIpc) is 2.84. The molecule has 2 heterocycles. The molecule has 1 amide bonds. The number of hydrogen-bond donors (Lipinski definition) is 2. The summed E-state index contributed by atoms with van der Waals surface area (Å²) < 4.78 is 1.75. The molecule has 2 rings (SSSR count). The van der Waals surface area contributed by atoms with Crippen LogP contribution in [0.25, 0.3) is 0 Å². The quantitative estimate of drug-likeness (QED) is 0.834. The van der Waals surface area contributed by atoms with Crippen LogP contribution in [0.15, 0.2) is 30.7 Å². The first-order valence-corrected chi connectivity index (χ1v) is 6.09. The third kappa shape index (κ3) is 3.31. The smallest absolute Gasteiger partial charge is 0.254 e. The maximum Gasteiger partial charge on any atom is 0.254 e. The number of aryl methyl sites for hydroxylation is 1. The molecule has 0 aliphatic carbocycles. The van der Waals surface area contributed by atoms with Crippen molar-refractivity contribution in [3.05, 3.63) is 42.0 Å². The molecule has 6 heteroatoms. The molecule has 0 atom stereocenters. The Morgan fingerprint density at radius 1 is 1.42 bits per heavy atom. The molecule has 0 aliphatic heterocycles. The highest BCUT2D eigenvalue weighted by atomic mass is 16.1. The van der Waals surface area contributed by atoms with Gasteiger partial charge in [-0.25, -0.2) is 0 Å². The van der Waals surface area contributed by atoms with Gasteiger partial charge in [0.05, 0.1) is 11.3 Å². The number of pyridine rings is 1. The Hall–Kier alpha value is -2.37. The number of anilines is 1. The lowest BCUT2D eigenvalue weighted by Crippen LogP contribution is -2.26. The van der Waals surface area contributed by atoms with Gasteiger partial charge in [-0.05, 0) is 12.1 Å². The van der Waals surface area contributed by atoms with Crippen molar-refractivity contribution in [2.45, 2.75) is 6.42 Å². The maximum atomic E-state index is 12.0. The first-order valence-electron chi connectivity index (χ1n) is 6.09. The molecule has 2 aromatic heterocycles. The summed E-state index contributed by atoms with van der Waals surface area (Å²) in [7, 11) is 3.65. The molecule has 0 aliphatic rings. The minimum absolute atomic E-state index is 0.131. The molecule has 0 spiro atoms. The Morgan fingerprint density at radius 3 is 2.95 bits per heavy atom. The van der Waals surface area contributed by atoms with Gasteiger partial charge in [-0.1, -0.05) is 0 Å². The van der Waals surface area contributed by atoms with E-state index in [-0.39, 0.29) is 5.91 Å². The normalized spacial score (nSPS) is 10.2. The molecular weight excluding hydrogens is 242 g/mol. The predicted molar refractivity (Wildman–Crippen MR) is 73.0 cm³/mol. The Labute approximate surface area is 111 Å². The summed E-state index contributed by atoms with van der Waals surface area (Å²) in [6.45, 7) is 0.549. The van der Waals surface area contributed by atoms with E-state index in [0.717, 1.165) is 11.4 Å². The van der Waals surface area contributed by atoms with Gasteiger partial charge in [-0.2, -0.15) is 5.10 Å². The molecule has 0 radical (unpaired) electrons. The minimum atomic E-state index is -0.131. The van der Waals surface area contributed by atoms with E-state index in [4.69, 9.17) is 0 Å². The monoisotopic (exact) mass is 259 g/mol. The van der Waals surface area contributed by atoms with Gasteiger partial charge in [-0.3, -0.25) is 14.5 Å². The van der Waals surface area contributed by atoms with Crippen molar-refractivity contribution in [1.82, 2.24) is 20.1 Å². The van der Waals surface area contributed by atoms with E-state index >= 15 is 0 Å². The SMILES string of the molecule is CNc1ccncc1C(=O)NCCc1ccn(C)n1. The van der Waals surface area contributed by atoms with Crippen molar-refractivity contribution in [3.63, 3.8) is 0 Å². The van der Waals surface area contributed by atoms with E-state index in [9.17, 15) is 4.79 Å². The van der Waals surface area contributed by atoms with Gasteiger partial charge in [0.25, 0.3) is 5.91 Å². The van der Waals surface area contributed by atoms with E-state index in [1.54, 1.807) is 30.2 Å². The number of nitrogens with zero attached hydrogens (tertiary/aromatic N) is 3. The van der Waals surface area contributed by atoms with Crippen molar-refractivity contribution < 1.29 is 4.79 Å². The molecule has 0 bridgehead atoms. The fourth-order valence-electron chi connectivity index (χ4n) is 1.79. The van der Waals surface area contributed by atoms with Crippen molar-refractivity contribution in [2.24, 2.45) is 7.05 Å². The first kappa shape index (κ1) is 13.1. The van der Waals surface area contributed by atoms with Crippen LogP contribution < -0.4 is 10.6 Å². The number of carbonyl (C=O) groups excluding carboxylic acids is 1. The van der Waals surface area contributed by atoms with Crippen LogP contribution in [0.4, 0.5) is 5.69 Å². The van der Waals surface area contributed by atoms with Gasteiger partial charge in [0.2, 0.25) is 0 Å². The van der Waals surface area contributed by atoms with E-state index in [2.05, 4.69) is 20.7 Å². The van der Waals surface area contributed by atoms with Crippen LogP contribution >= 0.6 is 0 Å². The van der Waals surface area contributed by atoms with Crippen LogP contribution in [0, 0.1) is 0 Å². The summed E-state index contributed by atoms with van der Waals surface area (Å²) in [5.41, 5.74) is 2.28. The highest BCUT2D eigenvalue weighted by Gasteiger charge is 2.10. The largest absolute Gasteiger partial charge is 0.387 e. The van der Waals surface area contributed by atoms with Crippen molar-refractivity contribution in [3.8, 4) is 0 Å². The van der Waals surface area contributed by atoms with Gasteiger partial charge < -0.3 is 10.6 Å². The molecule has 0 unspecified atom stereocenters. The summed E-state index contributed by atoms with van der Waals surface area (Å²) in [5.74, 6) is -0.131. The summed E-state index contributed by atoms with van der Waals surface area (Å²) >= 11 is 0. The average molecular weight is 259 g/mol. The van der Waals surface area contributed by atoms with Gasteiger partial charge in [0, 0.05) is 51.3 Å². The molecular formula is C13H17N5O. The highest BCUT2D eigenvalue weighted by Crippen LogP contribution is 2.11. The number of rotatable bonds is 5. The topological polar surface area (TPSA) is 71.8 Å². The molecule has 0 saturated carbocycles. The lowest BCUT2D eigenvalue weighted by Gasteiger charge is -2.08. The van der Waals surface area contributed by atoms with E-state index in [0.29, 0.717) is 18.5 Å². The molecule has 0 fully saturated rings. The van der Waals surface area contributed by atoms with Crippen LogP contribution in [0.1, 0.15) is 16.1 Å².